The number of fused-ring (bicyclic) bond motifs is 3. The third kappa shape index (κ3) is 4.93. The molecule has 3 unspecified atom stereocenters. The predicted molar refractivity (Wildman–Crippen MR) is 119 cm³/mol. The van der Waals surface area contributed by atoms with E-state index in [1.54, 1.807) is 12.3 Å². The summed E-state index contributed by atoms with van der Waals surface area (Å²) in [6, 6.07) is 6.75. The van der Waals surface area contributed by atoms with E-state index in [0.29, 0.717) is 43.8 Å². The molecule has 0 N–H and O–H groups in total. The Morgan fingerprint density at radius 2 is 1.97 bits per heavy atom. The van der Waals surface area contributed by atoms with Crippen molar-refractivity contribution >= 4 is 17.9 Å². The second kappa shape index (κ2) is 9.65. The van der Waals surface area contributed by atoms with Gasteiger partial charge in [0.25, 0.3) is 5.56 Å². The summed E-state index contributed by atoms with van der Waals surface area (Å²) in [5, 5.41) is 0.622. The molecule has 1 saturated heterocycles. The van der Waals surface area contributed by atoms with Gasteiger partial charge in [-0.25, -0.2) is 0 Å². The van der Waals surface area contributed by atoms with Gasteiger partial charge in [0, 0.05) is 29.3 Å². The van der Waals surface area contributed by atoms with Crippen LogP contribution in [0.1, 0.15) is 37.4 Å². The summed E-state index contributed by atoms with van der Waals surface area (Å²) in [5.74, 6) is 0.335. The monoisotopic (exact) mass is 445 g/mol. The van der Waals surface area contributed by atoms with Gasteiger partial charge in [0.05, 0.1) is 44.7 Å². The highest BCUT2D eigenvalue weighted by atomic mass is 35.5. The van der Waals surface area contributed by atoms with Crippen molar-refractivity contribution in [3.8, 4) is 11.1 Å². The summed E-state index contributed by atoms with van der Waals surface area (Å²) >= 11 is 6.30. The molecule has 0 saturated carbocycles. The number of hydrogen-bond acceptors (Lipinski definition) is 5. The van der Waals surface area contributed by atoms with Crippen LogP contribution in [-0.4, -0.2) is 42.9 Å². The highest BCUT2D eigenvalue weighted by molar-refractivity contribution is 6.30. The first kappa shape index (κ1) is 22.2. The third-order valence-corrected chi connectivity index (χ3v) is 6.28. The lowest BCUT2D eigenvalue weighted by Crippen LogP contribution is -2.34. The summed E-state index contributed by atoms with van der Waals surface area (Å²) in [7, 11) is 0. The summed E-state index contributed by atoms with van der Waals surface area (Å²) in [6.45, 7) is 6.11. The molecular formula is C24H28ClNO5. The largest absolute Gasteiger partial charge is 0.376 e. The number of carbonyl (C=O) groups is 1. The second-order valence-corrected chi connectivity index (χ2v) is 9.00. The molecule has 1 fully saturated rings. The maximum Gasteiger partial charge on any atom is 0.251 e. The molecule has 0 bridgehead atoms. The number of aldehydes is 1. The zero-order valence-corrected chi connectivity index (χ0v) is 18.6. The standard InChI is InChI=1S/C24H28ClNO5/c1-15(2)23-7-16-3-4-18(25)8-21(16)22-10-24(28)26(11-17(22)13-31-23)19(12-27)9-20-14-29-5-6-30-20/h3-4,8,10-12,15,19-20,23H,5-7,9,13-14H2,1-2H3. The normalized spacial score (nSPS) is 22.2. The number of pyridine rings is 1. The molecule has 0 radical (unpaired) electrons. The molecule has 1 aromatic heterocycles. The van der Waals surface area contributed by atoms with E-state index < -0.39 is 6.04 Å². The van der Waals surface area contributed by atoms with Crippen molar-refractivity contribution in [3.05, 3.63) is 57.0 Å². The van der Waals surface area contributed by atoms with E-state index in [4.69, 9.17) is 25.8 Å². The Balaban J connectivity index is 1.75. The maximum absolute atomic E-state index is 13.1. The molecule has 4 rings (SSSR count). The molecule has 31 heavy (non-hydrogen) atoms. The number of carbonyl (C=O) groups excluding carboxylic acids is 1. The third-order valence-electron chi connectivity index (χ3n) is 6.05. The van der Waals surface area contributed by atoms with Gasteiger partial charge in [0.1, 0.15) is 6.29 Å². The highest BCUT2D eigenvalue weighted by Crippen LogP contribution is 2.34. The minimum Gasteiger partial charge on any atom is -0.376 e. The Kier molecular flexibility index (Phi) is 6.92. The Morgan fingerprint density at radius 3 is 2.68 bits per heavy atom. The quantitative estimate of drug-likeness (QED) is 0.655. The van der Waals surface area contributed by atoms with Crippen LogP contribution in [0.25, 0.3) is 11.1 Å². The fourth-order valence-corrected chi connectivity index (χ4v) is 4.44. The molecule has 3 atom stereocenters. The number of ether oxygens (including phenoxy) is 3. The fraction of sp³-hybridized carbons (Fsp3) is 0.500. The topological polar surface area (TPSA) is 66.8 Å². The first-order chi connectivity index (χ1) is 15.0. The number of rotatable bonds is 5. The Morgan fingerprint density at radius 1 is 1.16 bits per heavy atom. The lowest BCUT2D eigenvalue weighted by Gasteiger charge is -2.29. The highest BCUT2D eigenvalue weighted by Gasteiger charge is 2.26. The second-order valence-electron chi connectivity index (χ2n) is 8.56. The fourth-order valence-electron chi connectivity index (χ4n) is 4.27. The molecule has 6 nitrogen and oxygen atoms in total. The van der Waals surface area contributed by atoms with Crippen LogP contribution in [0.5, 0.6) is 0 Å². The van der Waals surface area contributed by atoms with Crippen LogP contribution in [0.15, 0.2) is 35.3 Å². The lowest BCUT2D eigenvalue weighted by atomic mass is 9.89. The van der Waals surface area contributed by atoms with Crippen LogP contribution in [-0.2, 0) is 32.0 Å². The summed E-state index contributed by atoms with van der Waals surface area (Å²) < 4.78 is 18.8. The smallest absolute Gasteiger partial charge is 0.251 e. The molecule has 166 valence electrons. The summed E-state index contributed by atoms with van der Waals surface area (Å²) in [4.78, 5) is 25.0. The zero-order chi connectivity index (χ0) is 22.0. The molecule has 2 aliphatic rings. The van der Waals surface area contributed by atoms with Crippen molar-refractivity contribution in [1.29, 1.82) is 0 Å². The van der Waals surface area contributed by atoms with Crippen molar-refractivity contribution < 1.29 is 19.0 Å². The van der Waals surface area contributed by atoms with E-state index in [0.717, 1.165) is 35.0 Å². The van der Waals surface area contributed by atoms with E-state index in [2.05, 4.69) is 13.8 Å². The molecule has 0 amide bonds. The van der Waals surface area contributed by atoms with Gasteiger partial charge in [-0.15, -0.1) is 0 Å². The van der Waals surface area contributed by atoms with Crippen molar-refractivity contribution in [2.24, 2.45) is 5.92 Å². The minimum absolute atomic E-state index is 0.0445. The van der Waals surface area contributed by atoms with Crippen LogP contribution in [0.2, 0.25) is 5.02 Å². The molecule has 1 aromatic carbocycles. The van der Waals surface area contributed by atoms with E-state index in [1.165, 1.54) is 4.57 Å². The molecule has 7 heteroatoms. The lowest BCUT2D eigenvalue weighted by molar-refractivity contribution is -0.116. The molecule has 2 aliphatic heterocycles. The van der Waals surface area contributed by atoms with Gasteiger partial charge < -0.3 is 23.6 Å². The Bertz CT molecular complexity index is 996. The summed E-state index contributed by atoms with van der Waals surface area (Å²) in [5.41, 5.74) is 3.48. The van der Waals surface area contributed by atoms with Gasteiger partial charge in [-0.1, -0.05) is 31.5 Å². The predicted octanol–water partition coefficient (Wildman–Crippen LogP) is 3.81. The van der Waals surface area contributed by atoms with Gasteiger partial charge in [-0.3, -0.25) is 4.79 Å². The van der Waals surface area contributed by atoms with Crippen LogP contribution >= 0.6 is 11.6 Å². The number of hydrogen-bond donors (Lipinski definition) is 0. The number of aromatic nitrogens is 1. The average Bonchev–Trinajstić information content (AvgIpc) is 2.75. The molecule has 0 spiro atoms. The van der Waals surface area contributed by atoms with Crippen molar-refractivity contribution in [3.63, 3.8) is 0 Å². The molecule has 0 aliphatic carbocycles. The number of halogens is 1. The van der Waals surface area contributed by atoms with Crippen LogP contribution < -0.4 is 5.56 Å². The van der Waals surface area contributed by atoms with Crippen LogP contribution in [0, 0.1) is 5.92 Å². The van der Waals surface area contributed by atoms with E-state index >= 15 is 0 Å². The maximum atomic E-state index is 13.1. The van der Waals surface area contributed by atoms with Crippen LogP contribution in [0.3, 0.4) is 0 Å². The number of nitrogens with zero attached hydrogens (tertiary/aromatic N) is 1. The Labute approximate surface area is 187 Å². The van der Waals surface area contributed by atoms with Crippen molar-refractivity contribution in [1.82, 2.24) is 4.57 Å². The van der Waals surface area contributed by atoms with Gasteiger partial charge in [0.15, 0.2) is 0 Å². The van der Waals surface area contributed by atoms with Crippen LogP contribution in [0.4, 0.5) is 0 Å². The van der Waals surface area contributed by atoms with Gasteiger partial charge >= 0.3 is 0 Å². The minimum atomic E-state index is -0.630. The zero-order valence-electron chi connectivity index (χ0n) is 17.9. The van der Waals surface area contributed by atoms with Gasteiger partial charge in [0.2, 0.25) is 0 Å². The van der Waals surface area contributed by atoms with Crippen molar-refractivity contribution in [2.75, 3.05) is 19.8 Å². The van der Waals surface area contributed by atoms with Gasteiger partial charge in [-0.2, -0.15) is 0 Å². The molecule has 3 heterocycles. The average molecular weight is 446 g/mol. The van der Waals surface area contributed by atoms with Crippen molar-refractivity contribution in [2.45, 2.75) is 51.5 Å². The Hall–Kier alpha value is -1.99. The first-order valence-corrected chi connectivity index (χ1v) is 11.1. The summed E-state index contributed by atoms with van der Waals surface area (Å²) in [6.07, 6.45) is 3.54. The first-order valence-electron chi connectivity index (χ1n) is 10.8. The SMILES string of the molecule is CC(C)C1Cc2ccc(Cl)cc2-c2cc(=O)n(C(C=O)CC3COCCO3)cc2CO1. The van der Waals surface area contributed by atoms with Gasteiger partial charge in [-0.05, 0) is 41.2 Å². The number of benzene rings is 1. The van der Waals surface area contributed by atoms with E-state index in [9.17, 15) is 9.59 Å². The van der Waals surface area contributed by atoms with E-state index in [1.807, 2.05) is 18.2 Å². The van der Waals surface area contributed by atoms with E-state index in [-0.39, 0.29) is 17.8 Å². The molecular weight excluding hydrogens is 418 g/mol. The molecule has 2 aromatic rings.